The Morgan fingerprint density at radius 1 is 1.23 bits per heavy atom. The van der Waals surface area contributed by atoms with Crippen LogP contribution in [0.1, 0.15) is 22.8 Å². The fraction of sp³-hybridized carbons (Fsp3) is 0.211. The number of carbonyl (C=O) groups is 3. The molecule has 0 aliphatic carbocycles. The molecule has 11 heteroatoms. The summed E-state index contributed by atoms with van der Waals surface area (Å²) in [6, 6.07) is 6.69. The van der Waals surface area contributed by atoms with Gasteiger partial charge in [-0.2, -0.15) is 13.2 Å². The molecule has 0 fully saturated rings. The number of carbonyl (C=O) groups excluding carboxylic acids is 3. The van der Waals surface area contributed by atoms with Crippen molar-refractivity contribution in [2.45, 2.75) is 19.2 Å². The standard InChI is InChI=1S/C19H15ClF3N3O4/c1-9(30-18(29)12-4-3-11(20)7-13(12)24)17(28)26-8-16(27)25-14-6-10(19(21,22)23)2-5-15(14)26/h2-7,9H,8,24H2,1H3,(H,25,27). The zero-order chi connectivity index (χ0) is 22.2. The molecule has 1 aliphatic rings. The van der Waals surface area contributed by atoms with E-state index in [-0.39, 0.29) is 22.6 Å². The molecule has 2 aromatic rings. The van der Waals surface area contributed by atoms with Crippen LogP contribution in [0, 0.1) is 0 Å². The third kappa shape index (κ3) is 4.33. The van der Waals surface area contributed by atoms with Crippen LogP contribution in [0.15, 0.2) is 36.4 Å². The second-order valence-corrected chi connectivity index (χ2v) is 6.92. The minimum Gasteiger partial charge on any atom is -0.449 e. The van der Waals surface area contributed by atoms with Crippen molar-refractivity contribution < 1.29 is 32.3 Å². The highest BCUT2D eigenvalue weighted by Gasteiger charge is 2.35. The van der Waals surface area contributed by atoms with Gasteiger partial charge in [0.25, 0.3) is 5.91 Å². The summed E-state index contributed by atoms with van der Waals surface area (Å²) in [6.07, 6.45) is -5.96. The van der Waals surface area contributed by atoms with E-state index in [2.05, 4.69) is 5.32 Å². The van der Waals surface area contributed by atoms with E-state index >= 15 is 0 Å². The van der Waals surface area contributed by atoms with E-state index in [1.165, 1.54) is 25.1 Å². The van der Waals surface area contributed by atoms with Crippen LogP contribution in [0.4, 0.5) is 30.2 Å². The summed E-state index contributed by atoms with van der Waals surface area (Å²) in [7, 11) is 0. The number of alkyl halides is 3. The van der Waals surface area contributed by atoms with Gasteiger partial charge in [-0.3, -0.25) is 14.5 Å². The molecule has 30 heavy (non-hydrogen) atoms. The van der Waals surface area contributed by atoms with E-state index in [1.807, 2.05) is 0 Å². The number of nitrogens with zero attached hydrogens (tertiary/aromatic N) is 1. The fourth-order valence-corrected chi connectivity index (χ4v) is 3.06. The number of ether oxygens (including phenoxy) is 1. The van der Waals surface area contributed by atoms with Crippen LogP contribution in [-0.4, -0.2) is 30.4 Å². The van der Waals surface area contributed by atoms with Gasteiger partial charge in [-0.15, -0.1) is 0 Å². The van der Waals surface area contributed by atoms with E-state index in [1.54, 1.807) is 0 Å². The van der Waals surface area contributed by atoms with E-state index in [4.69, 9.17) is 22.1 Å². The molecule has 1 aliphatic heterocycles. The normalized spacial score (nSPS) is 14.6. The van der Waals surface area contributed by atoms with E-state index in [9.17, 15) is 27.6 Å². The van der Waals surface area contributed by atoms with Crippen molar-refractivity contribution in [3.8, 4) is 0 Å². The number of rotatable bonds is 3. The largest absolute Gasteiger partial charge is 0.449 e. The van der Waals surface area contributed by atoms with Crippen LogP contribution in [0.2, 0.25) is 5.02 Å². The second kappa shape index (κ2) is 7.86. The molecular formula is C19H15ClF3N3O4. The second-order valence-electron chi connectivity index (χ2n) is 6.48. The van der Waals surface area contributed by atoms with Crippen molar-refractivity contribution in [1.29, 1.82) is 0 Å². The highest BCUT2D eigenvalue weighted by atomic mass is 35.5. The number of anilines is 3. The van der Waals surface area contributed by atoms with Crippen molar-refractivity contribution in [3.63, 3.8) is 0 Å². The number of nitrogens with two attached hydrogens (primary N) is 1. The molecule has 3 N–H and O–H groups in total. The quantitative estimate of drug-likeness (QED) is 0.561. The number of nitrogens with one attached hydrogen (secondary N) is 1. The molecule has 1 atom stereocenters. The van der Waals surface area contributed by atoms with Gasteiger partial charge in [0.2, 0.25) is 5.91 Å². The number of esters is 1. The molecular weight excluding hydrogens is 427 g/mol. The van der Waals surface area contributed by atoms with Gasteiger partial charge in [0.05, 0.1) is 22.5 Å². The Hall–Kier alpha value is -3.27. The molecule has 0 aromatic heterocycles. The molecule has 0 bridgehead atoms. The Bertz CT molecular complexity index is 1040. The zero-order valence-electron chi connectivity index (χ0n) is 15.4. The number of amides is 2. The van der Waals surface area contributed by atoms with Gasteiger partial charge in [0.15, 0.2) is 6.10 Å². The van der Waals surface area contributed by atoms with Gasteiger partial charge in [0, 0.05) is 10.7 Å². The number of hydrogen-bond acceptors (Lipinski definition) is 5. The van der Waals surface area contributed by atoms with Gasteiger partial charge in [-0.25, -0.2) is 4.79 Å². The van der Waals surface area contributed by atoms with Gasteiger partial charge >= 0.3 is 12.1 Å². The van der Waals surface area contributed by atoms with Crippen molar-refractivity contribution in [2.75, 3.05) is 22.5 Å². The lowest BCUT2D eigenvalue weighted by molar-refractivity contribution is -0.137. The Morgan fingerprint density at radius 2 is 1.93 bits per heavy atom. The maximum absolute atomic E-state index is 12.9. The third-order valence-electron chi connectivity index (χ3n) is 4.32. The number of fused-ring (bicyclic) bond motifs is 1. The van der Waals surface area contributed by atoms with Crippen LogP contribution in [0.25, 0.3) is 0 Å². The maximum atomic E-state index is 12.9. The van der Waals surface area contributed by atoms with Crippen molar-refractivity contribution >= 4 is 46.4 Å². The minimum absolute atomic E-state index is 0.00865. The predicted molar refractivity (Wildman–Crippen MR) is 103 cm³/mol. The summed E-state index contributed by atoms with van der Waals surface area (Å²) in [4.78, 5) is 38.0. The van der Waals surface area contributed by atoms with E-state index in [0.717, 1.165) is 23.1 Å². The average molecular weight is 442 g/mol. The molecule has 0 saturated heterocycles. The lowest BCUT2D eigenvalue weighted by Gasteiger charge is -2.31. The molecule has 7 nitrogen and oxygen atoms in total. The van der Waals surface area contributed by atoms with E-state index in [0.29, 0.717) is 5.02 Å². The highest BCUT2D eigenvalue weighted by molar-refractivity contribution is 6.31. The van der Waals surface area contributed by atoms with Crippen LogP contribution in [0.3, 0.4) is 0 Å². The molecule has 3 rings (SSSR count). The SMILES string of the molecule is CC(OC(=O)c1ccc(Cl)cc1N)C(=O)N1CC(=O)Nc2cc(C(F)(F)F)ccc21. The third-order valence-corrected chi connectivity index (χ3v) is 4.56. The Labute approximate surface area is 173 Å². The lowest BCUT2D eigenvalue weighted by Crippen LogP contribution is -2.47. The van der Waals surface area contributed by atoms with Crippen molar-refractivity contribution in [2.24, 2.45) is 0 Å². The van der Waals surface area contributed by atoms with Crippen LogP contribution < -0.4 is 16.0 Å². The Balaban J connectivity index is 1.83. The predicted octanol–water partition coefficient (Wildman–Crippen LogP) is 3.47. The number of nitrogen functional groups attached to an aromatic ring is 1. The first-order valence-corrected chi connectivity index (χ1v) is 8.93. The summed E-state index contributed by atoms with van der Waals surface area (Å²) in [6.45, 7) is 0.838. The molecule has 1 unspecified atom stereocenters. The van der Waals surface area contributed by atoms with Gasteiger partial charge in [-0.05, 0) is 43.3 Å². The summed E-state index contributed by atoms with van der Waals surface area (Å²) in [5.41, 5.74) is 4.67. The molecule has 0 radical (unpaired) electrons. The highest BCUT2D eigenvalue weighted by Crippen LogP contribution is 2.37. The van der Waals surface area contributed by atoms with Crippen LogP contribution in [0.5, 0.6) is 0 Å². The number of benzene rings is 2. The molecule has 0 spiro atoms. The molecule has 2 aromatic carbocycles. The first-order valence-electron chi connectivity index (χ1n) is 8.56. The summed E-state index contributed by atoms with van der Waals surface area (Å²) < 4.78 is 43.9. The zero-order valence-corrected chi connectivity index (χ0v) is 16.2. The van der Waals surface area contributed by atoms with Crippen LogP contribution >= 0.6 is 11.6 Å². The molecule has 1 heterocycles. The fourth-order valence-electron chi connectivity index (χ4n) is 2.88. The summed E-state index contributed by atoms with van der Waals surface area (Å²) >= 11 is 5.78. The first kappa shape index (κ1) is 21.4. The Morgan fingerprint density at radius 3 is 2.57 bits per heavy atom. The number of halogens is 4. The lowest BCUT2D eigenvalue weighted by atomic mass is 10.1. The molecule has 0 saturated carbocycles. The Kier molecular flexibility index (Phi) is 5.62. The van der Waals surface area contributed by atoms with Crippen LogP contribution in [-0.2, 0) is 20.5 Å². The first-order chi connectivity index (χ1) is 14.0. The topological polar surface area (TPSA) is 102 Å². The van der Waals surface area contributed by atoms with Crippen molar-refractivity contribution in [3.05, 3.63) is 52.5 Å². The van der Waals surface area contributed by atoms with Gasteiger partial charge in [0.1, 0.15) is 6.54 Å². The van der Waals surface area contributed by atoms with Gasteiger partial charge < -0.3 is 15.8 Å². The number of hydrogen-bond donors (Lipinski definition) is 2. The van der Waals surface area contributed by atoms with E-state index < -0.39 is 42.2 Å². The summed E-state index contributed by atoms with van der Waals surface area (Å²) in [5, 5.41) is 2.61. The average Bonchev–Trinajstić information content (AvgIpc) is 2.65. The maximum Gasteiger partial charge on any atom is 0.416 e. The molecule has 158 valence electrons. The smallest absolute Gasteiger partial charge is 0.416 e. The van der Waals surface area contributed by atoms with Crippen molar-refractivity contribution in [1.82, 2.24) is 0 Å². The van der Waals surface area contributed by atoms with Gasteiger partial charge in [-0.1, -0.05) is 11.6 Å². The summed E-state index contributed by atoms with van der Waals surface area (Å²) in [5.74, 6) is -2.36. The monoisotopic (exact) mass is 441 g/mol. The molecule has 2 amide bonds. The minimum atomic E-state index is -4.62.